The van der Waals surface area contributed by atoms with Crippen molar-refractivity contribution >= 4 is 148 Å². The molecule has 21 nitrogen and oxygen atoms in total. The zero-order chi connectivity index (χ0) is 69.4. The largest absolute Gasteiger partial charge is 0.464 e. The van der Waals surface area contributed by atoms with Gasteiger partial charge >= 0.3 is 11.9 Å². The molecule has 10 rings (SSSR count). The number of nitrogens with zero attached hydrogens (tertiary/aromatic N) is 10. The molecule has 6 aromatic heterocycles. The summed E-state index contributed by atoms with van der Waals surface area (Å²) >= 11 is 31.8. The normalized spacial score (nSPS) is 10.7. The number of ether oxygens (including phenoxy) is 2. The first-order valence-corrected chi connectivity index (χ1v) is 34.4. The van der Waals surface area contributed by atoms with E-state index in [1.54, 1.807) is 75.5 Å². The minimum atomic E-state index is -1.76. The van der Waals surface area contributed by atoms with E-state index in [1.165, 1.54) is 43.3 Å². The van der Waals surface area contributed by atoms with Crippen LogP contribution in [0.3, 0.4) is 0 Å². The molecule has 500 valence electrons. The molecule has 6 heterocycles. The lowest BCUT2D eigenvalue weighted by atomic mass is 10.2. The summed E-state index contributed by atoms with van der Waals surface area (Å²) in [6, 6.07) is 38.3. The first-order chi connectivity index (χ1) is 44.7. The molecule has 0 aliphatic rings. The van der Waals surface area contributed by atoms with E-state index in [4.69, 9.17) is 68.8 Å². The molecule has 0 amide bonds. The van der Waals surface area contributed by atoms with Gasteiger partial charge in [-0.1, -0.05) is 148 Å². The zero-order valence-electron chi connectivity index (χ0n) is 54.2. The Morgan fingerprint density at radius 3 is 1.40 bits per heavy atom. The predicted molar refractivity (Wildman–Crippen MR) is 388 cm³/mol. The second-order valence-electron chi connectivity index (χ2n) is 21.9. The van der Waals surface area contributed by atoms with Crippen molar-refractivity contribution in [2.24, 2.45) is 28.2 Å². The Labute approximate surface area is 587 Å². The van der Waals surface area contributed by atoms with Gasteiger partial charge in [0.1, 0.15) is 52.3 Å². The first kappa shape index (κ1) is 77.0. The van der Waals surface area contributed by atoms with Gasteiger partial charge in [0.2, 0.25) is 0 Å². The molecular formula is C66H78Cl5IN14O7Si. The first-order valence-electron chi connectivity index (χ1n) is 29.3. The summed E-state index contributed by atoms with van der Waals surface area (Å²) in [5, 5.41) is 39.5. The summed E-state index contributed by atoms with van der Waals surface area (Å²) in [6.07, 6.45) is 5.63. The number of pyridine rings is 1. The number of rotatable bonds is 18. The Hall–Kier alpha value is -7.75. The van der Waals surface area contributed by atoms with Crippen LogP contribution in [0, 0.1) is 3.57 Å². The number of fused-ring (bicyclic) bond motifs is 1. The number of aliphatic hydroxyl groups is 1. The van der Waals surface area contributed by atoms with E-state index >= 15 is 0 Å². The second kappa shape index (κ2) is 37.4. The average Bonchev–Trinajstić information content (AvgIpc) is 1.51. The van der Waals surface area contributed by atoms with Crippen molar-refractivity contribution in [2.75, 3.05) is 35.9 Å². The number of nitrogens with one attached hydrogen (secondary N) is 3. The van der Waals surface area contributed by atoms with Gasteiger partial charge in [0.05, 0.1) is 31.5 Å². The number of aldehydes is 2. The molecule has 4 aromatic carbocycles. The Morgan fingerprint density at radius 1 is 0.574 bits per heavy atom. The second-order valence-corrected chi connectivity index (χ2v) is 31.0. The Morgan fingerprint density at radius 2 is 1.01 bits per heavy atom. The van der Waals surface area contributed by atoms with Crippen LogP contribution < -0.4 is 21.7 Å². The van der Waals surface area contributed by atoms with E-state index in [0.29, 0.717) is 96.4 Å². The quantitative estimate of drug-likeness (QED) is 0.0231. The fourth-order valence-electron chi connectivity index (χ4n) is 10.3. The van der Waals surface area contributed by atoms with Crippen molar-refractivity contribution in [3.05, 3.63) is 214 Å². The van der Waals surface area contributed by atoms with Gasteiger partial charge in [0, 0.05) is 119 Å². The van der Waals surface area contributed by atoms with Crippen LogP contribution in [-0.4, -0.2) is 100 Å². The lowest BCUT2D eigenvalue weighted by Gasteiger charge is -2.44. The fraction of sp³-hybridized carbons (Fsp3) is 0.288. The third kappa shape index (κ3) is 22.2. The van der Waals surface area contributed by atoms with Gasteiger partial charge in [0.25, 0.3) is 0 Å². The smallest absolute Gasteiger partial charge is 0.356 e. The predicted octanol–water partition coefficient (Wildman–Crippen LogP) is 15.4. The molecule has 0 saturated carbocycles. The number of aliphatic hydroxyl groups excluding tert-OH is 1. The minimum absolute atomic E-state index is 0.0116. The van der Waals surface area contributed by atoms with Crippen LogP contribution in [0.1, 0.15) is 106 Å². The maximum absolute atomic E-state index is 11.4. The van der Waals surface area contributed by atoms with Gasteiger partial charge in [-0.25, -0.2) is 14.6 Å². The Kier molecular flexibility index (Phi) is 30.6. The van der Waals surface area contributed by atoms with E-state index in [1.807, 2.05) is 84.9 Å². The summed E-state index contributed by atoms with van der Waals surface area (Å²) in [7, 11) is 7.75. The third-order valence-electron chi connectivity index (χ3n) is 14.6. The topological polar surface area (TPSA) is 258 Å². The van der Waals surface area contributed by atoms with Crippen molar-refractivity contribution < 1.29 is 33.8 Å². The van der Waals surface area contributed by atoms with Gasteiger partial charge < -0.3 is 40.5 Å². The highest BCUT2D eigenvalue weighted by molar-refractivity contribution is 14.1. The van der Waals surface area contributed by atoms with Crippen molar-refractivity contribution in [3.8, 4) is 0 Å². The van der Waals surface area contributed by atoms with Crippen molar-refractivity contribution in [1.82, 2.24) is 48.3 Å². The van der Waals surface area contributed by atoms with Crippen LogP contribution >= 0.6 is 80.6 Å². The van der Waals surface area contributed by atoms with Crippen LogP contribution in [0.5, 0.6) is 0 Å². The van der Waals surface area contributed by atoms with Crippen LogP contribution in [0.4, 0.5) is 23.3 Å². The van der Waals surface area contributed by atoms with Crippen molar-refractivity contribution in [2.45, 2.75) is 84.4 Å². The highest BCUT2D eigenvalue weighted by Crippen LogP contribution is 2.45. The molecule has 0 aliphatic heterocycles. The maximum atomic E-state index is 11.4. The SMILES string of the molecule is CC(C)[Si](C(C)C)(C(C)C)n1cc(I)c2cc(Cl)cnc21.COC(=O)c1cc(N)nn1C.COC(=O)c1cc(NCc2cccc(Cl)c2)nn1C.Cn1nc(NCc2cccc(Cl)c2)cc1C=O.Cn1nc(NCc2cccc(Cl)c2)cc1CO.O=Cc1cccc(Cl)c1. The Balaban J connectivity index is 0.000000208. The maximum Gasteiger partial charge on any atom is 0.356 e. The third-order valence-corrected chi connectivity index (χ3v) is 23.3. The number of nitrogens with two attached hydrogens (primary N) is 1. The lowest BCUT2D eigenvalue weighted by Crippen LogP contribution is -2.51. The number of hydrogen-bond donors (Lipinski definition) is 5. The summed E-state index contributed by atoms with van der Waals surface area (Å²) in [5.74, 6) is 1.50. The number of halogens is 6. The summed E-state index contributed by atoms with van der Waals surface area (Å²) in [4.78, 5) is 47.8. The molecule has 0 unspecified atom stereocenters. The number of methoxy groups -OCH3 is 2. The molecule has 0 fully saturated rings. The van der Waals surface area contributed by atoms with Crippen LogP contribution in [-0.2, 0) is 63.9 Å². The summed E-state index contributed by atoms with van der Waals surface area (Å²) in [6.45, 7) is 16.1. The highest BCUT2D eigenvalue weighted by Gasteiger charge is 2.46. The zero-order valence-corrected chi connectivity index (χ0v) is 61.1. The van der Waals surface area contributed by atoms with E-state index in [2.05, 4.69) is 125 Å². The molecule has 10 aromatic rings. The number of carbonyl (C=O) groups is 4. The number of hydrogen-bond acceptors (Lipinski definition) is 16. The van der Waals surface area contributed by atoms with Crippen LogP contribution in [0.15, 0.2) is 140 Å². The summed E-state index contributed by atoms with van der Waals surface area (Å²) < 4.78 is 19.0. The lowest BCUT2D eigenvalue weighted by molar-refractivity contribution is 0.0579. The van der Waals surface area contributed by atoms with Gasteiger partial charge in [-0.15, -0.1) is 0 Å². The molecule has 0 spiro atoms. The van der Waals surface area contributed by atoms with E-state index < -0.39 is 20.2 Å². The number of aryl methyl sites for hydroxylation is 4. The minimum Gasteiger partial charge on any atom is -0.464 e. The standard InChI is InChI=1S/C16H24ClIN2Si.C13H14ClN3O2.C12H14ClN3O.C12H12ClN3O.C7H5ClO.C6H9N3O2/c1-10(2)21(11(3)4,12(5)6)20-9-15(18)14-7-13(17)8-19-16(14)20;1-17-11(13(18)19-2)7-12(16-17)15-8-9-4-3-5-10(14)6-9;2*1-16-11(8-17)6-12(15-16)14-7-9-3-2-4-10(13)5-9;8-7-3-1-2-6(4-7)5-9;1-9-4(6(10)11-2)3-5(7)8-9/h7-12H,1-6H3;3-7H,8H2,1-2H3,(H,15,16);2-6,17H,7-8H2,1H3,(H,14,15);2-6,8H,7H2,1H3,(H,14,15);1-5H;3H,1-2H3,(H2,7,8). The molecule has 28 heteroatoms. The number of nitrogen functional groups attached to an aromatic ring is 1. The summed E-state index contributed by atoms with van der Waals surface area (Å²) in [5.41, 5.74) is 14.3. The highest BCUT2D eigenvalue weighted by atomic mass is 127. The molecule has 6 N–H and O–H groups in total. The molecule has 0 aliphatic carbocycles. The number of aromatic nitrogens is 10. The fourth-order valence-corrected chi connectivity index (χ4v) is 18.8. The number of carbonyl (C=O) groups excluding carboxylic acids is 4. The Bertz CT molecular complexity index is 4090. The molecule has 0 saturated heterocycles. The average molecular weight is 1510 g/mol. The van der Waals surface area contributed by atoms with Gasteiger partial charge in [-0.3, -0.25) is 28.3 Å². The van der Waals surface area contributed by atoms with Crippen LogP contribution in [0.25, 0.3) is 11.0 Å². The van der Waals surface area contributed by atoms with Gasteiger partial charge in [0.15, 0.2) is 14.5 Å². The molecule has 0 radical (unpaired) electrons. The van der Waals surface area contributed by atoms with Crippen LogP contribution in [0.2, 0.25) is 41.7 Å². The van der Waals surface area contributed by atoms with E-state index in [-0.39, 0.29) is 6.61 Å². The number of esters is 2. The molecular weight excluding hydrogens is 1430 g/mol. The van der Waals surface area contributed by atoms with Gasteiger partial charge in [-0.05, 0) is 111 Å². The number of anilines is 4. The van der Waals surface area contributed by atoms with Crippen molar-refractivity contribution in [1.29, 1.82) is 0 Å². The molecule has 0 bridgehead atoms. The van der Waals surface area contributed by atoms with Crippen molar-refractivity contribution in [3.63, 3.8) is 0 Å². The van der Waals surface area contributed by atoms with Gasteiger partial charge in [-0.2, -0.15) is 20.4 Å². The molecule has 0 atom stereocenters. The van der Waals surface area contributed by atoms with E-state index in [9.17, 15) is 19.2 Å². The van der Waals surface area contributed by atoms with E-state index in [0.717, 1.165) is 51.4 Å². The number of benzene rings is 4. The molecule has 94 heavy (non-hydrogen) atoms. The monoisotopic (exact) mass is 1510 g/mol.